The summed E-state index contributed by atoms with van der Waals surface area (Å²) in [5, 5.41) is 6.18. The number of carbonyl (C=O) groups excluding carboxylic acids is 1. The number of carbonyl (C=O) groups is 1. The monoisotopic (exact) mass is 390 g/mol. The summed E-state index contributed by atoms with van der Waals surface area (Å²) < 4.78 is 6.06. The molecule has 1 unspecified atom stereocenters. The molecule has 1 aliphatic heterocycles. The van der Waals surface area contributed by atoms with Crippen molar-refractivity contribution in [1.82, 2.24) is 10.2 Å². The van der Waals surface area contributed by atoms with E-state index in [2.05, 4.69) is 16.8 Å². The number of hydrogen-bond donors (Lipinski definition) is 1. The maximum absolute atomic E-state index is 12.8. The fourth-order valence-electron chi connectivity index (χ4n) is 3.38. The Morgan fingerprint density at radius 2 is 2.23 bits per heavy atom. The van der Waals surface area contributed by atoms with E-state index in [0.29, 0.717) is 19.2 Å². The number of nitrogens with one attached hydrogen (secondary N) is 1. The number of nitrogens with zero attached hydrogens (tertiary/aromatic N) is 1. The minimum Gasteiger partial charge on any atom is -0.491 e. The average molecular weight is 391 g/mol. The van der Waals surface area contributed by atoms with Crippen molar-refractivity contribution in [2.45, 2.75) is 38.3 Å². The Bertz CT molecular complexity index is 803. The third-order valence-corrected chi connectivity index (χ3v) is 6.49. The number of amides is 1. The van der Waals surface area contributed by atoms with Crippen molar-refractivity contribution >= 4 is 28.8 Å². The maximum Gasteiger partial charge on any atom is 0.237 e. The van der Waals surface area contributed by atoms with Crippen LogP contribution in [0.2, 0.25) is 5.02 Å². The van der Waals surface area contributed by atoms with Crippen LogP contribution in [0.25, 0.3) is 0 Å². The van der Waals surface area contributed by atoms with Crippen molar-refractivity contribution in [3.8, 4) is 5.75 Å². The highest BCUT2D eigenvalue weighted by Gasteiger charge is 2.33. The van der Waals surface area contributed by atoms with Crippen LogP contribution < -0.4 is 10.1 Å². The molecule has 0 spiro atoms. The summed E-state index contributed by atoms with van der Waals surface area (Å²) in [5.41, 5.74) is 2.22. The van der Waals surface area contributed by atoms with Crippen molar-refractivity contribution in [2.75, 3.05) is 19.7 Å². The van der Waals surface area contributed by atoms with Crippen LogP contribution in [0, 0.1) is 6.92 Å². The summed E-state index contributed by atoms with van der Waals surface area (Å²) in [5.74, 6) is 0.951. The zero-order chi connectivity index (χ0) is 18.1. The van der Waals surface area contributed by atoms with Gasteiger partial charge in [0.25, 0.3) is 0 Å². The molecule has 26 heavy (non-hydrogen) atoms. The first-order valence-corrected chi connectivity index (χ1v) is 10.4. The second-order valence-corrected chi connectivity index (χ2v) is 8.44. The second-order valence-electron chi connectivity index (χ2n) is 7.03. The maximum atomic E-state index is 12.8. The molecule has 0 radical (unpaired) electrons. The summed E-state index contributed by atoms with van der Waals surface area (Å²) in [7, 11) is 0. The molecule has 1 N–H and O–H groups in total. The van der Waals surface area contributed by atoms with Gasteiger partial charge >= 0.3 is 0 Å². The Balaban J connectivity index is 1.48. The molecular weight excluding hydrogens is 368 g/mol. The van der Waals surface area contributed by atoms with E-state index < -0.39 is 0 Å². The topological polar surface area (TPSA) is 41.6 Å². The van der Waals surface area contributed by atoms with E-state index in [1.807, 2.05) is 30.0 Å². The lowest BCUT2D eigenvalue weighted by Crippen LogP contribution is -2.46. The summed E-state index contributed by atoms with van der Waals surface area (Å²) in [6.45, 7) is 3.60. The number of rotatable bonds is 6. The fraction of sp³-hybridized carbons (Fsp3) is 0.450. The molecule has 6 heteroatoms. The zero-order valence-corrected chi connectivity index (χ0v) is 16.4. The minimum absolute atomic E-state index is 0.0329. The number of ether oxygens (including phenoxy) is 1. The van der Waals surface area contributed by atoms with Crippen molar-refractivity contribution in [1.29, 1.82) is 0 Å². The zero-order valence-electron chi connectivity index (χ0n) is 14.8. The molecule has 138 valence electrons. The van der Waals surface area contributed by atoms with Crippen LogP contribution >= 0.6 is 22.9 Å². The van der Waals surface area contributed by atoms with Gasteiger partial charge in [-0.1, -0.05) is 11.6 Å². The fourth-order valence-corrected chi connectivity index (χ4v) is 4.42. The summed E-state index contributed by atoms with van der Waals surface area (Å²) in [4.78, 5) is 16.1. The van der Waals surface area contributed by atoms with E-state index in [0.717, 1.165) is 29.3 Å². The van der Waals surface area contributed by atoms with Crippen molar-refractivity contribution in [3.63, 3.8) is 0 Å². The minimum atomic E-state index is -0.0329. The first-order valence-electron chi connectivity index (χ1n) is 9.10. The van der Waals surface area contributed by atoms with Gasteiger partial charge in [0.1, 0.15) is 12.4 Å². The molecule has 1 aromatic heterocycles. The smallest absolute Gasteiger partial charge is 0.237 e. The van der Waals surface area contributed by atoms with Gasteiger partial charge in [-0.2, -0.15) is 0 Å². The van der Waals surface area contributed by atoms with E-state index >= 15 is 0 Å². The molecule has 1 amide bonds. The van der Waals surface area contributed by atoms with Gasteiger partial charge in [0.05, 0.1) is 12.6 Å². The van der Waals surface area contributed by atoms with Crippen LogP contribution in [0.5, 0.6) is 5.75 Å². The quantitative estimate of drug-likeness (QED) is 0.811. The van der Waals surface area contributed by atoms with Crippen LogP contribution in [-0.4, -0.2) is 36.5 Å². The molecule has 4 rings (SSSR count). The number of halogens is 1. The van der Waals surface area contributed by atoms with Gasteiger partial charge in [0, 0.05) is 22.5 Å². The lowest BCUT2D eigenvalue weighted by molar-refractivity contribution is -0.133. The molecule has 1 atom stereocenters. The van der Waals surface area contributed by atoms with Gasteiger partial charge in [-0.3, -0.25) is 4.79 Å². The lowest BCUT2D eigenvalue weighted by Gasteiger charge is -2.36. The lowest BCUT2D eigenvalue weighted by atomic mass is 10.0. The van der Waals surface area contributed by atoms with Gasteiger partial charge in [-0.05, 0) is 67.0 Å². The van der Waals surface area contributed by atoms with Gasteiger partial charge in [-0.15, -0.1) is 11.3 Å². The summed E-state index contributed by atoms with van der Waals surface area (Å²) in [6, 6.07) is 8.32. The first-order chi connectivity index (χ1) is 12.6. The van der Waals surface area contributed by atoms with Crippen LogP contribution in [-0.2, 0) is 11.2 Å². The summed E-state index contributed by atoms with van der Waals surface area (Å²) >= 11 is 7.87. The number of fused-ring (bicyclic) bond motifs is 1. The third-order valence-electron chi connectivity index (χ3n) is 5.07. The van der Waals surface area contributed by atoms with E-state index in [1.165, 1.54) is 23.3 Å². The Morgan fingerprint density at radius 1 is 1.38 bits per heavy atom. The standard InChI is InChI=1S/C20H23ClN2O2S/c1-13-10-15(4-5-17(13)21)25-12-18-16-7-9-26-19(16)6-8-23(18)20(24)11-22-14-2-3-14/h4-5,7,9-10,14,18,22H,2-3,6,8,11-12H2,1H3. The highest BCUT2D eigenvalue weighted by atomic mass is 35.5. The highest BCUT2D eigenvalue weighted by molar-refractivity contribution is 7.10. The van der Waals surface area contributed by atoms with Crippen molar-refractivity contribution in [3.05, 3.63) is 50.7 Å². The number of thiophene rings is 1. The molecule has 1 fully saturated rings. The molecular formula is C20H23ClN2O2S. The third kappa shape index (κ3) is 3.90. The number of hydrogen-bond acceptors (Lipinski definition) is 4. The second kappa shape index (κ2) is 7.59. The predicted molar refractivity (Wildman–Crippen MR) is 105 cm³/mol. The number of aryl methyl sites for hydroxylation is 1. The van der Waals surface area contributed by atoms with E-state index in [9.17, 15) is 4.79 Å². The average Bonchev–Trinajstić information content (AvgIpc) is 3.35. The van der Waals surface area contributed by atoms with Gasteiger partial charge in [0.15, 0.2) is 0 Å². The van der Waals surface area contributed by atoms with Gasteiger partial charge < -0.3 is 15.0 Å². The van der Waals surface area contributed by atoms with Crippen LogP contribution in [0.3, 0.4) is 0 Å². The first kappa shape index (κ1) is 17.8. The van der Waals surface area contributed by atoms with Crippen molar-refractivity contribution in [2.24, 2.45) is 0 Å². The van der Waals surface area contributed by atoms with E-state index in [1.54, 1.807) is 11.3 Å². The Labute approximate surface area is 163 Å². The van der Waals surface area contributed by atoms with E-state index in [4.69, 9.17) is 16.3 Å². The SMILES string of the molecule is Cc1cc(OCC2c3ccsc3CCN2C(=O)CNC2CC2)ccc1Cl. The predicted octanol–water partition coefficient (Wildman–Crippen LogP) is 3.97. The largest absolute Gasteiger partial charge is 0.491 e. The Hall–Kier alpha value is -1.56. The highest BCUT2D eigenvalue weighted by Crippen LogP contribution is 2.34. The van der Waals surface area contributed by atoms with Crippen LogP contribution in [0.1, 0.15) is 34.9 Å². The van der Waals surface area contributed by atoms with Gasteiger partial charge in [0.2, 0.25) is 5.91 Å². The molecule has 2 heterocycles. The van der Waals surface area contributed by atoms with E-state index in [-0.39, 0.29) is 11.9 Å². The molecule has 0 bridgehead atoms. The molecule has 1 aliphatic carbocycles. The molecule has 4 nitrogen and oxygen atoms in total. The molecule has 0 saturated heterocycles. The summed E-state index contributed by atoms with van der Waals surface area (Å²) in [6.07, 6.45) is 3.30. The van der Waals surface area contributed by atoms with Crippen LogP contribution in [0.15, 0.2) is 29.6 Å². The molecule has 2 aliphatic rings. The molecule has 2 aromatic rings. The molecule has 1 saturated carbocycles. The Kier molecular flexibility index (Phi) is 5.20. The molecule has 1 aromatic carbocycles. The van der Waals surface area contributed by atoms with Gasteiger partial charge in [-0.25, -0.2) is 0 Å². The Morgan fingerprint density at radius 3 is 3.00 bits per heavy atom. The van der Waals surface area contributed by atoms with Crippen LogP contribution in [0.4, 0.5) is 0 Å². The number of benzene rings is 1. The normalized spacial score (nSPS) is 19.3. The van der Waals surface area contributed by atoms with Crippen molar-refractivity contribution < 1.29 is 9.53 Å².